The van der Waals surface area contributed by atoms with E-state index in [4.69, 9.17) is 4.74 Å². The molecule has 0 saturated carbocycles. The van der Waals surface area contributed by atoms with E-state index in [0.717, 1.165) is 16.7 Å². The standard InChI is InChI=1S/C20H14F3IO2/c21-20(22,23)26-19-10-9-16(12-18(19)24)15-7-4-8-17(11-15)25-13-14-5-2-1-3-6-14/h1-12H,13H2. The van der Waals surface area contributed by atoms with E-state index in [1.807, 2.05) is 77.2 Å². The van der Waals surface area contributed by atoms with E-state index in [0.29, 0.717) is 15.9 Å². The fourth-order valence-electron chi connectivity index (χ4n) is 2.39. The average molecular weight is 470 g/mol. The van der Waals surface area contributed by atoms with Crippen LogP contribution in [0, 0.1) is 3.57 Å². The van der Waals surface area contributed by atoms with Gasteiger partial charge in [-0.3, -0.25) is 0 Å². The Kier molecular flexibility index (Phi) is 5.70. The van der Waals surface area contributed by atoms with Gasteiger partial charge in [0.25, 0.3) is 0 Å². The van der Waals surface area contributed by atoms with Crippen LogP contribution in [-0.4, -0.2) is 6.36 Å². The minimum Gasteiger partial charge on any atom is -0.489 e. The molecule has 2 nitrogen and oxygen atoms in total. The second-order valence-corrected chi connectivity index (χ2v) is 6.66. The number of halogens is 4. The van der Waals surface area contributed by atoms with Gasteiger partial charge in [0.05, 0.1) is 3.57 Å². The Morgan fingerprint density at radius 3 is 2.23 bits per heavy atom. The van der Waals surface area contributed by atoms with E-state index in [9.17, 15) is 13.2 Å². The minimum atomic E-state index is -4.70. The van der Waals surface area contributed by atoms with Crippen molar-refractivity contribution in [1.29, 1.82) is 0 Å². The van der Waals surface area contributed by atoms with Crippen LogP contribution in [0.2, 0.25) is 0 Å². The molecular formula is C20H14F3IO2. The first-order valence-electron chi connectivity index (χ1n) is 7.73. The van der Waals surface area contributed by atoms with Crippen molar-refractivity contribution >= 4 is 22.6 Å². The average Bonchev–Trinajstić information content (AvgIpc) is 2.62. The maximum absolute atomic E-state index is 12.4. The molecule has 0 bridgehead atoms. The second-order valence-electron chi connectivity index (χ2n) is 5.50. The topological polar surface area (TPSA) is 18.5 Å². The summed E-state index contributed by atoms with van der Waals surface area (Å²) >= 11 is 1.83. The van der Waals surface area contributed by atoms with Gasteiger partial charge in [-0.05, 0) is 63.5 Å². The zero-order valence-electron chi connectivity index (χ0n) is 13.5. The molecule has 0 aliphatic rings. The molecule has 0 aliphatic heterocycles. The van der Waals surface area contributed by atoms with Crippen molar-refractivity contribution in [2.45, 2.75) is 13.0 Å². The highest BCUT2D eigenvalue weighted by molar-refractivity contribution is 14.1. The third kappa shape index (κ3) is 5.14. The van der Waals surface area contributed by atoms with Crippen LogP contribution in [0.25, 0.3) is 11.1 Å². The monoisotopic (exact) mass is 470 g/mol. The summed E-state index contributed by atoms with van der Waals surface area (Å²) in [6, 6.07) is 21.8. The molecule has 0 aliphatic carbocycles. The van der Waals surface area contributed by atoms with Crippen LogP contribution in [0.1, 0.15) is 5.56 Å². The normalized spacial score (nSPS) is 11.2. The van der Waals surface area contributed by atoms with Gasteiger partial charge < -0.3 is 9.47 Å². The first-order chi connectivity index (χ1) is 12.4. The molecule has 0 heterocycles. The fourth-order valence-corrected chi connectivity index (χ4v) is 3.02. The van der Waals surface area contributed by atoms with Gasteiger partial charge in [0.2, 0.25) is 0 Å². The third-order valence-electron chi connectivity index (χ3n) is 3.57. The van der Waals surface area contributed by atoms with Gasteiger partial charge >= 0.3 is 6.36 Å². The number of alkyl halides is 3. The van der Waals surface area contributed by atoms with E-state index in [1.165, 1.54) is 6.07 Å². The molecule has 0 amide bonds. The molecule has 6 heteroatoms. The van der Waals surface area contributed by atoms with Crippen molar-refractivity contribution < 1.29 is 22.6 Å². The maximum atomic E-state index is 12.4. The number of hydrogen-bond acceptors (Lipinski definition) is 2. The molecule has 26 heavy (non-hydrogen) atoms. The van der Waals surface area contributed by atoms with Gasteiger partial charge in [-0.15, -0.1) is 13.2 Å². The Hall–Kier alpha value is -2.22. The van der Waals surface area contributed by atoms with Crippen LogP contribution < -0.4 is 9.47 Å². The van der Waals surface area contributed by atoms with Crippen molar-refractivity contribution in [2.75, 3.05) is 0 Å². The molecule has 0 saturated heterocycles. The highest BCUT2D eigenvalue weighted by atomic mass is 127. The molecule has 0 atom stereocenters. The van der Waals surface area contributed by atoms with Gasteiger partial charge in [-0.1, -0.05) is 48.5 Å². The highest BCUT2D eigenvalue weighted by Crippen LogP contribution is 2.32. The molecule has 134 valence electrons. The second kappa shape index (κ2) is 7.99. The summed E-state index contributed by atoms with van der Waals surface area (Å²) in [7, 11) is 0. The van der Waals surface area contributed by atoms with Crippen LogP contribution in [-0.2, 0) is 6.61 Å². The molecule has 0 aromatic heterocycles. The lowest BCUT2D eigenvalue weighted by Gasteiger charge is -2.12. The molecule has 3 aromatic carbocycles. The quantitative estimate of drug-likeness (QED) is 0.400. The number of hydrogen-bond donors (Lipinski definition) is 0. The first-order valence-corrected chi connectivity index (χ1v) is 8.81. The van der Waals surface area contributed by atoms with Gasteiger partial charge in [-0.2, -0.15) is 0 Å². The van der Waals surface area contributed by atoms with Crippen LogP contribution in [0.5, 0.6) is 11.5 Å². The Morgan fingerprint density at radius 2 is 1.54 bits per heavy atom. The van der Waals surface area contributed by atoms with E-state index < -0.39 is 6.36 Å². The van der Waals surface area contributed by atoms with Crippen LogP contribution >= 0.6 is 22.6 Å². The van der Waals surface area contributed by atoms with Crippen molar-refractivity contribution in [3.05, 3.63) is 81.9 Å². The molecule has 3 rings (SSSR count). The Balaban J connectivity index is 1.76. The zero-order valence-corrected chi connectivity index (χ0v) is 15.6. The summed E-state index contributed by atoms with van der Waals surface area (Å²) in [6.45, 7) is 0.445. The molecule has 0 spiro atoms. The van der Waals surface area contributed by atoms with Gasteiger partial charge in [0, 0.05) is 0 Å². The minimum absolute atomic E-state index is 0.210. The number of rotatable bonds is 5. The summed E-state index contributed by atoms with van der Waals surface area (Å²) in [5, 5.41) is 0. The molecule has 3 aromatic rings. The predicted molar refractivity (Wildman–Crippen MR) is 102 cm³/mol. The maximum Gasteiger partial charge on any atom is 0.573 e. The fraction of sp³-hybridized carbons (Fsp3) is 0.100. The van der Waals surface area contributed by atoms with Gasteiger partial charge in [0.15, 0.2) is 0 Å². The molecule has 0 radical (unpaired) electrons. The molecular weight excluding hydrogens is 456 g/mol. The summed E-state index contributed by atoms with van der Waals surface area (Å²) in [6.07, 6.45) is -4.70. The summed E-state index contributed by atoms with van der Waals surface area (Å²) in [5.74, 6) is 0.482. The lowest BCUT2D eigenvalue weighted by atomic mass is 10.1. The van der Waals surface area contributed by atoms with Gasteiger partial charge in [0.1, 0.15) is 18.1 Å². The van der Waals surface area contributed by atoms with Crippen LogP contribution in [0.15, 0.2) is 72.8 Å². The van der Waals surface area contributed by atoms with Crippen LogP contribution in [0.3, 0.4) is 0 Å². The van der Waals surface area contributed by atoms with Gasteiger partial charge in [-0.25, -0.2) is 0 Å². The lowest BCUT2D eigenvalue weighted by Crippen LogP contribution is -2.17. The van der Waals surface area contributed by atoms with E-state index >= 15 is 0 Å². The van der Waals surface area contributed by atoms with Crippen molar-refractivity contribution in [3.8, 4) is 22.6 Å². The zero-order chi connectivity index (χ0) is 18.6. The summed E-state index contributed by atoms with van der Waals surface area (Å²) in [4.78, 5) is 0. The third-order valence-corrected chi connectivity index (χ3v) is 4.42. The van der Waals surface area contributed by atoms with Crippen molar-refractivity contribution in [3.63, 3.8) is 0 Å². The number of benzene rings is 3. The molecule has 0 unspecified atom stereocenters. The van der Waals surface area contributed by atoms with E-state index in [-0.39, 0.29) is 5.75 Å². The largest absolute Gasteiger partial charge is 0.573 e. The summed E-state index contributed by atoms with van der Waals surface area (Å²) in [5.41, 5.74) is 2.70. The van der Waals surface area contributed by atoms with Crippen molar-refractivity contribution in [1.82, 2.24) is 0 Å². The summed E-state index contributed by atoms with van der Waals surface area (Å²) < 4.78 is 47.3. The SMILES string of the molecule is FC(F)(F)Oc1ccc(-c2cccc(OCc3ccccc3)c2)cc1I. The van der Waals surface area contributed by atoms with E-state index in [1.54, 1.807) is 12.1 Å². The smallest absolute Gasteiger partial charge is 0.489 e. The Morgan fingerprint density at radius 1 is 0.808 bits per heavy atom. The molecule has 0 fully saturated rings. The predicted octanol–water partition coefficient (Wildman–Crippen LogP) is 6.44. The Bertz CT molecular complexity index is 880. The highest BCUT2D eigenvalue weighted by Gasteiger charge is 2.31. The Labute approximate surface area is 162 Å². The first kappa shape index (κ1) is 18.6. The van der Waals surface area contributed by atoms with Crippen LogP contribution in [0.4, 0.5) is 13.2 Å². The number of ether oxygens (including phenoxy) is 2. The van der Waals surface area contributed by atoms with Crippen molar-refractivity contribution in [2.24, 2.45) is 0 Å². The lowest BCUT2D eigenvalue weighted by molar-refractivity contribution is -0.274. The van der Waals surface area contributed by atoms with E-state index in [2.05, 4.69) is 4.74 Å². The molecule has 0 N–H and O–H groups in total.